The molecule has 0 unspecified atom stereocenters. The first-order valence-corrected chi connectivity index (χ1v) is 12.6. The molecule has 168 valence electrons. The molecule has 1 aromatic heterocycles. The van der Waals surface area contributed by atoms with Gasteiger partial charge in [0.2, 0.25) is 0 Å². The van der Waals surface area contributed by atoms with Gasteiger partial charge in [-0.1, -0.05) is 59.6 Å². The van der Waals surface area contributed by atoms with E-state index in [4.69, 9.17) is 11.6 Å². The fourth-order valence-corrected chi connectivity index (χ4v) is 5.34. The quantitative estimate of drug-likeness (QED) is 0.333. The number of hydrogen-bond donors (Lipinski definition) is 1. The molecule has 0 radical (unpaired) electrons. The highest BCUT2D eigenvalue weighted by atomic mass is 79.9. The van der Waals surface area contributed by atoms with Crippen LogP contribution >= 0.6 is 27.5 Å². The summed E-state index contributed by atoms with van der Waals surface area (Å²) in [6, 6.07) is 18.0. The van der Waals surface area contributed by atoms with E-state index < -0.39 is 15.9 Å². The van der Waals surface area contributed by atoms with Gasteiger partial charge < -0.3 is 0 Å². The van der Waals surface area contributed by atoms with E-state index in [0.29, 0.717) is 11.5 Å². The van der Waals surface area contributed by atoms with Gasteiger partial charge in [0.05, 0.1) is 16.3 Å². The Labute approximate surface area is 205 Å². The monoisotopic (exact) mass is 543 g/mol. The first-order valence-electron chi connectivity index (χ1n) is 9.91. The molecule has 0 fully saturated rings. The van der Waals surface area contributed by atoms with E-state index in [1.165, 1.54) is 18.2 Å². The molecular weight excluding hydrogens is 526 g/mol. The van der Waals surface area contributed by atoms with Crippen molar-refractivity contribution in [1.29, 1.82) is 0 Å². The Morgan fingerprint density at radius 3 is 2.48 bits per heavy atom. The second-order valence-corrected chi connectivity index (χ2v) is 10.2. The topological polar surface area (TPSA) is 81.1 Å². The molecule has 0 bridgehead atoms. The second-order valence-electron chi connectivity index (χ2n) is 7.41. The molecule has 0 saturated carbocycles. The summed E-state index contributed by atoms with van der Waals surface area (Å²) in [4.78, 5) is 16.8. The maximum absolute atomic E-state index is 12.5. The fourth-order valence-electron chi connectivity index (χ4n) is 3.46. The maximum Gasteiger partial charge on any atom is 0.264 e. The molecule has 33 heavy (non-hydrogen) atoms. The molecule has 0 spiro atoms. The van der Waals surface area contributed by atoms with Crippen molar-refractivity contribution in [3.63, 3.8) is 0 Å². The van der Waals surface area contributed by atoms with Crippen LogP contribution in [0.5, 0.6) is 0 Å². The van der Waals surface area contributed by atoms with Crippen molar-refractivity contribution < 1.29 is 13.2 Å². The molecule has 0 saturated heterocycles. The van der Waals surface area contributed by atoms with Crippen LogP contribution in [-0.4, -0.2) is 23.9 Å². The lowest BCUT2D eigenvalue weighted by Crippen LogP contribution is -2.28. The van der Waals surface area contributed by atoms with E-state index in [-0.39, 0.29) is 10.0 Å². The van der Waals surface area contributed by atoms with Gasteiger partial charge in [-0.3, -0.25) is 9.36 Å². The number of sulfonamides is 1. The number of hydrogen-bond acceptors (Lipinski definition) is 4. The van der Waals surface area contributed by atoms with Crippen LogP contribution in [0.25, 0.3) is 22.5 Å². The molecule has 3 aromatic carbocycles. The number of carbonyl (C=O) groups excluding carboxylic acids is 1. The number of amides is 1. The molecule has 1 N–H and O–H groups in total. The van der Waals surface area contributed by atoms with Crippen LogP contribution in [0.1, 0.15) is 17.1 Å². The van der Waals surface area contributed by atoms with Crippen LogP contribution in [0.15, 0.2) is 76.1 Å². The Morgan fingerprint density at radius 2 is 1.76 bits per heavy atom. The lowest BCUT2D eigenvalue weighted by molar-refractivity contribution is -0.114. The highest BCUT2D eigenvalue weighted by Crippen LogP contribution is 2.33. The van der Waals surface area contributed by atoms with Crippen molar-refractivity contribution in [3.05, 3.63) is 93.4 Å². The average Bonchev–Trinajstić information content (AvgIpc) is 3.05. The van der Waals surface area contributed by atoms with Gasteiger partial charge in [-0.15, -0.1) is 0 Å². The summed E-state index contributed by atoms with van der Waals surface area (Å²) < 4.78 is 29.7. The summed E-state index contributed by atoms with van der Waals surface area (Å²) in [6.45, 7) is 3.65. The van der Waals surface area contributed by atoms with E-state index in [2.05, 4.69) is 20.9 Å². The summed E-state index contributed by atoms with van der Waals surface area (Å²) in [7, 11) is -3.99. The standard InChI is InChI=1S/C24H19BrClN3O3S/c1-15-7-10-18(11-8-15)33(31,32)28-22(30)14-13-21-24(26)27-16(2)29(21)20-12-9-17-5-3-4-6-19(17)23(20)25/h3-14H,1-2H3,(H,28,30)/b14-13+. The zero-order valence-corrected chi connectivity index (χ0v) is 20.9. The Bertz CT molecular complexity index is 1510. The van der Waals surface area contributed by atoms with E-state index >= 15 is 0 Å². The van der Waals surface area contributed by atoms with Crippen molar-refractivity contribution >= 4 is 60.3 Å². The van der Waals surface area contributed by atoms with Crippen molar-refractivity contribution in [1.82, 2.24) is 14.3 Å². The Balaban J connectivity index is 1.67. The number of nitrogens with one attached hydrogen (secondary N) is 1. The van der Waals surface area contributed by atoms with Crippen LogP contribution in [0, 0.1) is 13.8 Å². The Hall–Kier alpha value is -2.94. The number of carbonyl (C=O) groups is 1. The summed E-state index contributed by atoms with van der Waals surface area (Å²) in [5.74, 6) is -0.182. The normalized spacial score (nSPS) is 11.9. The number of aryl methyl sites for hydroxylation is 2. The Kier molecular flexibility index (Phi) is 6.43. The number of fused-ring (bicyclic) bond motifs is 1. The third-order valence-electron chi connectivity index (χ3n) is 5.08. The van der Waals surface area contributed by atoms with Crippen LogP contribution in [0.2, 0.25) is 5.15 Å². The minimum absolute atomic E-state index is 0.00821. The van der Waals surface area contributed by atoms with Crippen molar-refractivity contribution in [2.45, 2.75) is 18.7 Å². The van der Waals surface area contributed by atoms with Gasteiger partial charge in [0.25, 0.3) is 15.9 Å². The van der Waals surface area contributed by atoms with Gasteiger partial charge in [0.15, 0.2) is 5.15 Å². The highest BCUT2D eigenvalue weighted by Gasteiger charge is 2.18. The van der Waals surface area contributed by atoms with E-state index in [1.807, 2.05) is 48.0 Å². The first kappa shape index (κ1) is 23.2. The number of benzene rings is 3. The fraction of sp³-hybridized carbons (Fsp3) is 0.0833. The molecular formula is C24H19BrClN3O3S. The third-order valence-corrected chi connectivity index (χ3v) is 7.55. The molecule has 9 heteroatoms. The van der Waals surface area contributed by atoms with Gasteiger partial charge in [-0.25, -0.2) is 18.1 Å². The molecule has 0 aliphatic heterocycles. The van der Waals surface area contributed by atoms with Crippen molar-refractivity contribution in [3.8, 4) is 5.69 Å². The van der Waals surface area contributed by atoms with Gasteiger partial charge in [0, 0.05) is 10.5 Å². The predicted octanol–water partition coefficient (Wildman–Crippen LogP) is 5.58. The molecule has 0 aliphatic rings. The number of aromatic nitrogens is 2. The zero-order chi connectivity index (χ0) is 23.8. The molecule has 4 rings (SSSR count). The van der Waals surface area contributed by atoms with Crippen molar-refractivity contribution in [2.75, 3.05) is 0 Å². The summed E-state index contributed by atoms with van der Waals surface area (Å²) in [6.07, 6.45) is 2.57. The van der Waals surface area contributed by atoms with Crippen LogP contribution in [-0.2, 0) is 14.8 Å². The lowest BCUT2D eigenvalue weighted by Gasteiger charge is -2.13. The first-order chi connectivity index (χ1) is 15.7. The highest BCUT2D eigenvalue weighted by molar-refractivity contribution is 9.10. The molecule has 1 amide bonds. The van der Waals surface area contributed by atoms with E-state index in [0.717, 1.165) is 32.6 Å². The van der Waals surface area contributed by atoms with Crippen molar-refractivity contribution in [2.24, 2.45) is 0 Å². The number of halogens is 2. The number of nitrogens with zero attached hydrogens (tertiary/aromatic N) is 2. The number of imidazole rings is 1. The Morgan fingerprint density at radius 1 is 1.06 bits per heavy atom. The summed E-state index contributed by atoms with van der Waals surface area (Å²) in [5, 5.41) is 2.27. The molecule has 0 atom stereocenters. The molecule has 1 heterocycles. The molecule has 6 nitrogen and oxygen atoms in total. The number of rotatable bonds is 5. The predicted molar refractivity (Wildman–Crippen MR) is 134 cm³/mol. The average molecular weight is 545 g/mol. The van der Waals surface area contributed by atoms with Crippen LogP contribution in [0.3, 0.4) is 0 Å². The molecule has 4 aromatic rings. The van der Waals surface area contributed by atoms with Gasteiger partial charge in [-0.2, -0.15) is 0 Å². The van der Waals surface area contributed by atoms with Gasteiger partial charge >= 0.3 is 0 Å². The van der Waals surface area contributed by atoms with Gasteiger partial charge in [0.1, 0.15) is 5.82 Å². The summed E-state index contributed by atoms with van der Waals surface area (Å²) >= 11 is 10.0. The van der Waals surface area contributed by atoms with Crippen LogP contribution in [0.4, 0.5) is 0 Å². The smallest absolute Gasteiger partial charge is 0.264 e. The maximum atomic E-state index is 12.5. The van der Waals surface area contributed by atoms with Crippen LogP contribution < -0.4 is 4.72 Å². The molecule has 0 aliphatic carbocycles. The van der Waals surface area contributed by atoms with E-state index in [9.17, 15) is 13.2 Å². The zero-order valence-electron chi connectivity index (χ0n) is 17.7. The second kappa shape index (κ2) is 9.13. The third kappa shape index (κ3) is 4.73. The largest absolute Gasteiger partial charge is 0.294 e. The van der Waals surface area contributed by atoms with Gasteiger partial charge in [-0.05, 0) is 64.8 Å². The minimum atomic E-state index is -3.99. The minimum Gasteiger partial charge on any atom is -0.294 e. The van der Waals surface area contributed by atoms with E-state index in [1.54, 1.807) is 23.6 Å². The lowest BCUT2D eigenvalue weighted by atomic mass is 10.1. The SMILES string of the molecule is Cc1ccc(S(=O)(=O)NC(=O)/C=C/c2c(Cl)nc(C)n2-c2ccc3ccccc3c2Br)cc1. The summed E-state index contributed by atoms with van der Waals surface area (Å²) in [5.41, 5.74) is 2.16.